The van der Waals surface area contributed by atoms with E-state index in [1.54, 1.807) is 18.2 Å². The molecule has 19 heavy (non-hydrogen) atoms. The molecule has 0 radical (unpaired) electrons. The van der Waals surface area contributed by atoms with E-state index < -0.39 is 17.9 Å². The topological polar surface area (TPSA) is 66.4 Å². The number of carbonyl (C=O) groups is 2. The summed E-state index contributed by atoms with van der Waals surface area (Å²) in [6.07, 6.45) is 0.381. The first-order chi connectivity index (χ1) is 8.81. The molecule has 0 aliphatic rings. The van der Waals surface area contributed by atoms with Gasteiger partial charge >= 0.3 is 5.97 Å². The van der Waals surface area contributed by atoms with Crippen LogP contribution in [0.5, 0.6) is 0 Å². The number of carboxylic acid groups (broad SMARTS) is 1. The first-order valence-corrected chi connectivity index (χ1v) is 6.97. The van der Waals surface area contributed by atoms with Crippen molar-refractivity contribution in [2.45, 2.75) is 26.3 Å². The van der Waals surface area contributed by atoms with Crippen molar-refractivity contribution in [1.82, 2.24) is 5.32 Å². The molecule has 1 aromatic carbocycles. The number of amides is 1. The van der Waals surface area contributed by atoms with Gasteiger partial charge in [-0.15, -0.1) is 0 Å². The Hall–Kier alpha value is -1.07. The molecule has 1 amide bonds. The van der Waals surface area contributed by atoms with E-state index in [-0.39, 0.29) is 5.92 Å². The first-order valence-electron chi connectivity index (χ1n) is 5.80. The summed E-state index contributed by atoms with van der Waals surface area (Å²) in [4.78, 5) is 23.1. The van der Waals surface area contributed by atoms with Crippen LogP contribution in [0, 0.1) is 5.92 Å². The van der Waals surface area contributed by atoms with Gasteiger partial charge in [0.2, 0.25) is 0 Å². The molecule has 0 aliphatic carbocycles. The molecule has 1 aromatic rings. The van der Waals surface area contributed by atoms with E-state index in [0.29, 0.717) is 21.5 Å². The van der Waals surface area contributed by atoms with Crippen molar-refractivity contribution < 1.29 is 14.7 Å². The third-order valence-corrected chi connectivity index (χ3v) is 3.38. The highest BCUT2D eigenvalue weighted by Gasteiger charge is 2.22. The number of nitrogens with one attached hydrogen (secondary N) is 1. The maximum atomic E-state index is 12.0. The number of benzene rings is 1. The van der Waals surface area contributed by atoms with Gasteiger partial charge < -0.3 is 10.4 Å². The smallest absolute Gasteiger partial charge is 0.326 e. The lowest BCUT2D eigenvalue weighted by atomic mass is 10.0. The van der Waals surface area contributed by atoms with E-state index in [1.807, 2.05) is 13.8 Å². The summed E-state index contributed by atoms with van der Waals surface area (Å²) in [6, 6.07) is 3.83. The molecule has 4 nitrogen and oxygen atoms in total. The molecule has 0 spiro atoms. The largest absolute Gasteiger partial charge is 0.480 e. The second-order valence-electron chi connectivity index (χ2n) is 4.62. The zero-order valence-electron chi connectivity index (χ0n) is 10.6. The zero-order valence-corrected chi connectivity index (χ0v) is 13.0. The second-order valence-corrected chi connectivity index (χ2v) is 5.91. The number of rotatable bonds is 5. The minimum absolute atomic E-state index is 0.176. The van der Waals surface area contributed by atoms with Crippen molar-refractivity contribution in [3.8, 4) is 0 Å². The van der Waals surface area contributed by atoms with E-state index in [2.05, 4.69) is 21.2 Å². The van der Waals surface area contributed by atoms with Gasteiger partial charge in [0.25, 0.3) is 5.91 Å². The highest BCUT2D eigenvalue weighted by atomic mass is 79.9. The molecule has 0 aliphatic heterocycles. The van der Waals surface area contributed by atoms with Crippen LogP contribution in [0.3, 0.4) is 0 Å². The average Bonchev–Trinajstić information content (AvgIpc) is 2.26. The quantitative estimate of drug-likeness (QED) is 0.857. The van der Waals surface area contributed by atoms with Gasteiger partial charge in [0.15, 0.2) is 0 Å². The Labute approximate surface area is 125 Å². The van der Waals surface area contributed by atoms with Gasteiger partial charge in [-0.2, -0.15) is 0 Å². The van der Waals surface area contributed by atoms with Crippen LogP contribution in [0.2, 0.25) is 5.02 Å². The average molecular weight is 349 g/mol. The summed E-state index contributed by atoms with van der Waals surface area (Å²) in [5, 5.41) is 12.1. The van der Waals surface area contributed by atoms with Crippen molar-refractivity contribution in [2.24, 2.45) is 5.92 Å². The summed E-state index contributed by atoms with van der Waals surface area (Å²) in [7, 11) is 0. The van der Waals surface area contributed by atoms with Crippen LogP contribution in [0.1, 0.15) is 30.6 Å². The summed E-state index contributed by atoms with van der Waals surface area (Å²) in [5.41, 5.74) is 0.361. The molecule has 1 unspecified atom stereocenters. The Bertz CT molecular complexity index is 491. The maximum absolute atomic E-state index is 12.0. The van der Waals surface area contributed by atoms with Crippen LogP contribution >= 0.6 is 27.5 Å². The lowest BCUT2D eigenvalue weighted by Gasteiger charge is -2.17. The van der Waals surface area contributed by atoms with Crippen molar-refractivity contribution in [3.05, 3.63) is 33.3 Å². The fourth-order valence-electron chi connectivity index (χ4n) is 1.60. The SMILES string of the molecule is CC(C)CC(NC(=O)c1ccc(Cl)cc1Br)C(=O)O. The summed E-state index contributed by atoms with van der Waals surface area (Å²) in [6.45, 7) is 3.81. The lowest BCUT2D eigenvalue weighted by molar-refractivity contribution is -0.139. The molecular formula is C13H15BrClNO3. The maximum Gasteiger partial charge on any atom is 0.326 e. The monoisotopic (exact) mass is 347 g/mol. The van der Waals surface area contributed by atoms with Crippen molar-refractivity contribution >= 4 is 39.4 Å². The van der Waals surface area contributed by atoms with Crippen molar-refractivity contribution in [3.63, 3.8) is 0 Å². The lowest BCUT2D eigenvalue weighted by Crippen LogP contribution is -2.41. The Kier molecular flexibility index (Phi) is 5.82. The molecule has 0 fully saturated rings. The molecular weight excluding hydrogens is 334 g/mol. The van der Waals surface area contributed by atoms with E-state index in [0.717, 1.165) is 0 Å². The van der Waals surface area contributed by atoms with E-state index in [4.69, 9.17) is 16.7 Å². The normalized spacial score (nSPS) is 12.3. The van der Waals surface area contributed by atoms with E-state index in [1.165, 1.54) is 0 Å². The Morgan fingerprint density at radius 2 is 2.05 bits per heavy atom. The summed E-state index contributed by atoms with van der Waals surface area (Å²) in [5.74, 6) is -1.29. The molecule has 1 rings (SSSR count). The fraction of sp³-hybridized carbons (Fsp3) is 0.385. The predicted molar refractivity (Wildman–Crippen MR) is 77.5 cm³/mol. The fourth-order valence-corrected chi connectivity index (χ4v) is 2.47. The molecule has 0 saturated heterocycles. The minimum atomic E-state index is -1.04. The van der Waals surface area contributed by atoms with E-state index in [9.17, 15) is 9.59 Å². The van der Waals surface area contributed by atoms with Gasteiger partial charge in [0.05, 0.1) is 5.56 Å². The van der Waals surface area contributed by atoms with Crippen LogP contribution in [-0.2, 0) is 4.79 Å². The number of carbonyl (C=O) groups excluding carboxylic acids is 1. The van der Waals surface area contributed by atoms with Crippen LogP contribution in [-0.4, -0.2) is 23.0 Å². The minimum Gasteiger partial charge on any atom is -0.480 e. The molecule has 2 N–H and O–H groups in total. The second kappa shape index (κ2) is 6.91. The van der Waals surface area contributed by atoms with Gasteiger partial charge in [-0.3, -0.25) is 4.79 Å². The molecule has 0 aromatic heterocycles. The molecule has 6 heteroatoms. The van der Waals surface area contributed by atoms with Crippen molar-refractivity contribution in [1.29, 1.82) is 0 Å². The molecule has 0 bridgehead atoms. The van der Waals surface area contributed by atoms with Gasteiger partial charge in [-0.25, -0.2) is 4.79 Å². The van der Waals surface area contributed by atoms with Gasteiger partial charge in [0, 0.05) is 9.50 Å². The third kappa shape index (κ3) is 4.84. The molecule has 104 valence electrons. The van der Waals surface area contributed by atoms with Crippen LogP contribution in [0.15, 0.2) is 22.7 Å². The zero-order chi connectivity index (χ0) is 14.6. The Morgan fingerprint density at radius 3 is 2.53 bits per heavy atom. The van der Waals surface area contributed by atoms with Gasteiger partial charge in [0.1, 0.15) is 6.04 Å². The standard InChI is InChI=1S/C13H15BrClNO3/c1-7(2)5-11(13(18)19)16-12(17)9-4-3-8(15)6-10(9)14/h3-4,6-7,11H,5H2,1-2H3,(H,16,17)(H,18,19). The highest BCUT2D eigenvalue weighted by molar-refractivity contribution is 9.10. The number of hydrogen-bond acceptors (Lipinski definition) is 2. The summed E-state index contributed by atoms with van der Waals surface area (Å²) >= 11 is 9.02. The third-order valence-electron chi connectivity index (χ3n) is 2.49. The van der Waals surface area contributed by atoms with E-state index >= 15 is 0 Å². The van der Waals surface area contributed by atoms with Crippen LogP contribution in [0.25, 0.3) is 0 Å². The highest BCUT2D eigenvalue weighted by Crippen LogP contribution is 2.21. The molecule has 1 atom stereocenters. The number of halogens is 2. The molecule has 0 saturated carbocycles. The van der Waals surface area contributed by atoms with Gasteiger partial charge in [-0.1, -0.05) is 25.4 Å². The van der Waals surface area contributed by atoms with Crippen molar-refractivity contribution in [2.75, 3.05) is 0 Å². The van der Waals surface area contributed by atoms with Crippen LogP contribution in [0.4, 0.5) is 0 Å². The first kappa shape index (κ1) is 16.0. The number of hydrogen-bond donors (Lipinski definition) is 2. The number of carboxylic acids is 1. The van der Waals surface area contributed by atoms with Gasteiger partial charge in [-0.05, 0) is 46.5 Å². The summed E-state index contributed by atoms with van der Waals surface area (Å²) < 4.78 is 0.534. The predicted octanol–water partition coefficient (Wildman–Crippen LogP) is 3.33. The number of aliphatic carboxylic acids is 1. The molecule has 0 heterocycles. The Morgan fingerprint density at radius 1 is 1.42 bits per heavy atom. The van der Waals surface area contributed by atoms with Crippen LogP contribution < -0.4 is 5.32 Å². The Balaban J connectivity index is 2.84.